The molecule has 0 spiro atoms. The van der Waals surface area contributed by atoms with E-state index in [9.17, 15) is 0 Å². The molecule has 2 heteroatoms. The number of hydrogen-bond donors (Lipinski definition) is 0. The van der Waals surface area contributed by atoms with Crippen molar-refractivity contribution in [1.29, 1.82) is 0 Å². The first-order valence-corrected chi connectivity index (χ1v) is 7.35. The number of rotatable bonds is 3. The average Bonchev–Trinajstić information content (AvgIpc) is 2.99. The van der Waals surface area contributed by atoms with Crippen LogP contribution >= 0.6 is 11.6 Å². The molecular weight excluding hydrogens is 268 g/mol. The Labute approximate surface area is 124 Å². The topological polar surface area (TPSA) is 9.23 Å². The third-order valence-corrected chi connectivity index (χ3v) is 3.77. The summed E-state index contributed by atoms with van der Waals surface area (Å²) in [6.45, 7) is 0.860. The van der Waals surface area contributed by atoms with Gasteiger partial charge < -0.3 is 4.74 Å². The van der Waals surface area contributed by atoms with Crippen molar-refractivity contribution in [2.75, 3.05) is 6.61 Å². The smallest absolute Gasteiger partial charge is 0.0765 e. The van der Waals surface area contributed by atoms with Gasteiger partial charge in [-0.2, -0.15) is 0 Å². The number of benzene rings is 2. The van der Waals surface area contributed by atoms with Crippen molar-refractivity contribution in [1.82, 2.24) is 0 Å². The minimum absolute atomic E-state index is 0.212. The third kappa shape index (κ3) is 3.12. The highest BCUT2D eigenvalue weighted by Crippen LogP contribution is 2.28. The van der Waals surface area contributed by atoms with E-state index in [0.717, 1.165) is 30.0 Å². The lowest BCUT2D eigenvalue weighted by atomic mass is 9.96. The van der Waals surface area contributed by atoms with Crippen molar-refractivity contribution < 1.29 is 4.74 Å². The summed E-state index contributed by atoms with van der Waals surface area (Å²) in [7, 11) is 0. The summed E-state index contributed by atoms with van der Waals surface area (Å²) < 4.78 is 5.75. The van der Waals surface area contributed by atoms with Crippen LogP contribution in [0.15, 0.2) is 60.7 Å². The van der Waals surface area contributed by atoms with E-state index in [-0.39, 0.29) is 6.10 Å². The Hall–Kier alpha value is -1.57. The standard InChI is InChI=1S/C18H17ClO/c19-16-9-4-8-15(12-16)18(13-17-10-5-11-20-17)14-6-2-1-3-7-14/h1-4,6-9,12-13,17H,5,10-11H2/b18-13+. The average molecular weight is 285 g/mol. The lowest BCUT2D eigenvalue weighted by molar-refractivity contribution is 0.146. The van der Waals surface area contributed by atoms with E-state index in [0.29, 0.717) is 0 Å². The quantitative estimate of drug-likeness (QED) is 0.775. The molecule has 3 rings (SSSR count). The maximum absolute atomic E-state index is 6.13. The van der Waals surface area contributed by atoms with Crippen LogP contribution in [0.5, 0.6) is 0 Å². The molecule has 1 unspecified atom stereocenters. The fourth-order valence-corrected chi connectivity index (χ4v) is 2.74. The molecule has 20 heavy (non-hydrogen) atoms. The molecule has 0 radical (unpaired) electrons. The Morgan fingerprint density at radius 1 is 1.05 bits per heavy atom. The summed E-state index contributed by atoms with van der Waals surface area (Å²) in [6.07, 6.45) is 4.67. The fourth-order valence-electron chi connectivity index (χ4n) is 2.55. The van der Waals surface area contributed by atoms with Gasteiger partial charge in [-0.3, -0.25) is 0 Å². The highest BCUT2D eigenvalue weighted by atomic mass is 35.5. The molecular formula is C18H17ClO. The molecule has 1 nitrogen and oxygen atoms in total. The van der Waals surface area contributed by atoms with E-state index in [1.54, 1.807) is 0 Å². The molecule has 1 atom stereocenters. The van der Waals surface area contributed by atoms with E-state index in [2.05, 4.69) is 36.4 Å². The van der Waals surface area contributed by atoms with E-state index in [1.165, 1.54) is 11.1 Å². The Balaban J connectivity index is 2.03. The lowest BCUT2D eigenvalue weighted by Crippen LogP contribution is -2.02. The van der Waals surface area contributed by atoms with Gasteiger partial charge in [-0.05, 0) is 47.8 Å². The van der Waals surface area contributed by atoms with Crippen molar-refractivity contribution in [2.45, 2.75) is 18.9 Å². The van der Waals surface area contributed by atoms with E-state index in [4.69, 9.17) is 16.3 Å². The zero-order chi connectivity index (χ0) is 13.8. The molecule has 0 amide bonds. The molecule has 1 heterocycles. The molecule has 102 valence electrons. The van der Waals surface area contributed by atoms with Crippen LogP contribution in [-0.4, -0.2) is 12.7 Å². The maximum Gasteiger partial charge on any atom is 0.0765 e. The Morgan fingerprint density at radius 3 is 2.55 bits per heavy atom. The van der Waals surface area contributed by atoms with Gasteiger partial charge in [0.25, 0.3) is 0 Å². The molecule has 2 aromatic carbocycles. The Bertz CT molecular complexity index is 598. The van der Waals surface area contributed by atoms with Crippen LogP contribution in [0.4, 0.5) is 0 Å². The van der Waals surface area contributed by atoms with E-state index >= 15 is 0 Å². The number of hydrogen-bond acceptors (Lipinski definition) is 1. The molecule has 1 saturated heterocycles. The second-order valence-electron chi connectivity index (χ2n) is 5.01. The number of ether oxygens (including phenoxy) is 1. The van der Waals surface area contributed by atoms with Gasteiger partial charge in [0.15, 0.2) is 0 Å². The van der Waals surface area contributed by atoms with Crippen molar-refractivity contribution in [3.63, 3.8) is 0 Å². The Kier molecular flexibility index (Phi) is 4.19. The van der Waals surface area contributed by atoms with Crippen LogP contribution in [0.2, 0.25) is 5.02 Å². The van der Waals surface area contributed by atoms with Crippen molar-refractivity contribution in [3.8, 4) is 0 Å². The summed E-state index contributed by atoms with van der Waals surface area (Å²) in [5, 5.41) is 0.761. The molecule has 1 fully saturated rings. The summed E-state index contributed by atoms with van der Waals surface area (Å²) in [6, 6.07) is 18.4. The molecule has 0 saturated carbocycles. The van der Waals surface area contributed by atoms with Gasteiger partial charge in [0.1, 0.15) is 0 Å². The molecule has 0 aliphatic carbocycles. The van der Waals surface area contributed by atoms with Crippen molar-refractivity contribution in [2.24, 2.45) is 0 Å². The molecule has 1 aliphatic heterocycles. The van der Waals surface area contributed by atoms with Crippen LogP contribution < -0.4 is 0 Å². The fraction of sp³-hybridized carbons (Fsp3) is 0.222. The first-order valence-electron chi connectivity index (χ1n) is 6.98. The van der Waals surface area contributed by atoms with Gasteiger partial charge in [-0.25, -0.2) is 0 Å². The summed E-state index contributed by atoms with van der Waals surface area (Å²) in [4.78, 5) is 0. The van der Waals surface area contributed by atoms with Gasteiger partial charge in [0, 0.05) is 11.6 Å². The monoisotopic (exact) mass is 284 g/mol. The lowest BCUT2D eigenvalue weighted by Gasteiger charge is -2.12. The largest absolute Gasteiger partial charge is 0.374 e. The molecule has 0 N–H and O–H groups in total. The van der Waals surface area contributed by atoms with Gasteiger partial charge in [0.2, 0.25) is 0 Å². The molecule has 1 aliphatic rings. The van der Waals surface area contributed by atoms with Gasteiger partial charge in [-0.15, -0.1) is 0 Å². The van der Waals surface area contributed by atoms with Crippen LogP contribution in [0.3, 0.4) is 0 Å². The normalized spacial score (nSPS) is 19.2. The summed E-state index contributed by atoms with van der Waals surface area (Å²) >= 11 is 6.13. The van der Waals surface area contributed by atoms with Crippen LogP contribution in [0.1, 0.15) is 24.0 Å². The second kappa shape index (κ2) is 6.25. The molecule has 2 aromatic rings. The highest BCUT2D eigenvalue weighted by Gasteiger charge is 2.15. The zero-order valence-corrected chi connectivity index (χ0v) is 12.0. The SMILES string of the molecule is Clc1cccc(/C(=C/C2CCCO2)c2ccccc2)c1. The first kappa shape index (κ1) is 13.4. The zero-order valence-electron chi connectivity index (χ0n) is 11.3. The van der Waals surface area contributed by atoms with Gasteiger partial charge in [-0.1, -0.05) is 54.1 Å². The minimum Gasteiger partial charge on any atom is -0.374 e. The second-order valence-corrected chi connectivity index (χ2v) is 5.44. The van der Waals surface area contributed by atoms with Gasteiger partial charge in [0.05, 0.1) is 6.10 Å². The minimum atomic E-state index is 0.212. The predicted molar refractivity (Wildman–Crippen MR) is 83.9 cm³/mol. The third-order valence-electron chi connectivity index (χ3n) is 3.54. The molecule has 0 bridgehead atoms. The molecule has 0 aromatic heterocycles. The van der Waals surface area contributed by atoms with Crippen molar-refractivity contribution >= 4 is 17.2 Å². The summed E-state index contributed by atoms with van der Waals surface area (Å²) in [5.41, 5.74) is 3.53. The van der Waals surface area contributed by atoms with Crippen LogP contribution in [0, 0.1) is 0 Å². The van der Waals surface area contributed by atoms with Crippen LogP contribution in [0.25, 0.3) is 5.57 Å². The maximum atomic E-state index is 6.13. The van der Waals surface area contributed by atoms with E-state index in [1.807, 2.05) is 24.3 Å². The van der Waals surface area contributed by atoms with E-state index < -0.39 is 0 Å². The van der Waals surface area contributed by atoms with Gasteiger partial charge >= 0.3 is 0 Å². The van der Waals surface area contributed by atoms with Crippen molar-refractivity contribution in [3.05, 3.63) is 76.8 Å². The number of halogens is 1. The Morgan fingerprint density at radius 2 is 1.85 bits per heavy atom. The predicted octanol–water partition coefficient (Wildman–Crippen LogP) is 4.95. The first-order chi connectivity index (χ1) is 9.83. The summed E-state index contributed by atoms with van der Waals surface area (Å²) in [5.74, 6) is 0. The highest BCUT2D eigenvalue weighted by molar-refractivity contribution is 6.30. The van der Waals surface area contributed by atoms with Crippen LogP contribution in [-0.2, 0) is 4.74 Å².